The average molecular weight is 181 g/mol. The second-order valence-electron chi connectivity index (χ2n) is 3.38. The smallest absolute Gasteiger partial charge is 0.0774 e. The molecule has 0 bridgehead atoms. The van der Waals surface area contributed by atoms with Crippen molar-refractivity contribution < 1.29 is 4.74 Å². The van der Waals surface area contributed by atoms with Crippen LogP contribution in [-0.4, -0.2) is 29.5 Å². The van der Waals surface area contributed by atoms with Crippen LogP contribution in [0.4, 0.5) is 0 Å². The minimum absolute atomic E-state index is 0.437. The van der Waals surface area contributed by atoms with Crippen LogP contribution in [0.1, 0.15) is 18.0 Å². The molecule has 0 amide bonds. The molecule has 4 heteroatoms. The van der Waals surface area contributed by atoms with Crippen molar-refractivity contribution in [3.63, 3.8) is 0 Å². The van der Waals surface area contributed by atoms with Crippen LogP contribution >= 0.6 is 0 Å². The van der Waals surface area contributed by atoms with Gasteiger partial charge in [0.15, 0.2) is 0 Å². The van der Waals surface area contributed by atoms with E-state index in [9.17, 15) is 0 Å². The van der Waals surface area contributed by atoms with E-state index in [0.29, 0.717) is 12.6 Å². The molecule has 0 unspecified atom stereocenters. The third kappa shape index (κ3) is 1.89. The van der Waals surface area contributed by atoms with Crippen molar-refractivity contribution in [2.24, 2.45) is 5.73 Å². The van der Waals surface area contributed by atoms with E-state index in [4.69, 9.17) is 10.5 Å². The number of aromatic nitrogens is 2. The highest BCUT2D eigenvalue weighted by Crippen LogP contribution is 2.17. The number of hydrogen-bond donors (Lipinski definition) is 1. The molecule has 1 aliphatic heterocycles. The van der Waals surface area contributed by atoms with E-state index in [1.807, 2.05) is 10.9 Å². The predicted molar refractivity (Wildman–Crippen MR) is 49.5 cm³/mol. The SMILES string of the molecule is NCCc1cnn([C@@H]2CCOC2)c1. The highest BCUT2D eigenvalue weighted by molar-refractivity contribution is 5.05. The van der Waals surface area contributed by atoms with Crippen molar-refractivity contribution in [1.82, 2.24) is 9.78 Å². The van der Waals surface area contributed by atoms with Crippen molar-refractivity contribution in [1.29, 1.82) is 0 Å². The van der Waals surface area contributed by atoms with Gasteiger partial charge in [0.2, 0.25) is 0 Å². The lowest BCUT2D eigenvalue weighted by Crippen LogP contribution is -2.08. The molecular formula is C9H15N3O. The maximum atomic E-state index is 5.46. The predicted octanol–water partition coefficient (Wildman–Crippen LogP) is 0.346. The van der Waals surface area contributed by atoms with Crippen molar-refractivity contribution in [3.05, 3.63) is 18.0 Å². The molecule has 13 heavy (non-hydrogen) atoms. The monoisotopic (exact) mass is 181 g/mol. The number of nitrogens with zero attached hydrogens (tertiary/aromatic N) is 2. The van der Waals surface area contributed by atoms with Crippen molar-refractivity contribution in [2.75, 3.05) is 19.8 Å². The Kier molecular flexibility index (Phi) is 2.61. The van der Waals surface area contributed by atoms with E-state index >= 15 is 0 Å². The second-order valence-corrected chi connectivity index (χ2v) is 3.38. The molecule has 2 rings (SSSR count). The van der Waals surface area contributed by atoms with E-state index in [2.05, 4.69) is 11.3 Å². The Bertz CT molecular complexity index is 266. The summed E-state index contributed by atoms with van der Waals surface area (Å²) in [5, 5.41) is 4.30. The zero-order valence-electron chi connectivity index (χ0n) is 7.65. The number of rotatable bonds is 3. The topological polar surface area (TPSA) is 53.1 Å². The summed E-state index contributed by atoms with van der Waals surface area (Å²) in [5.74, 6) is 0. The van der Waals surface area contributed by atoms with Crippen LogP contribution in [0, 0.1) is 0 Å². The van der Waals surface area contributed by atoms with E-state index < -0.39 is 0 Å². The Morgan fingerprint density at radius 2 is 2.62 bits per heavy atom. The summed E-state index contributed by atoms with van der Waals surface area (Å²) in [5.41, 5.74) is 6.68. The van der Waals surface area contributed by atoms with Crippen LogP contribution in [0.2, 0.25) is 0 Å². The summed E-state index contributed by atoms with van der Waals surface area (Å²) in [6, 6.07) is 0.437. The van der Waals surface area contributed by atoms with Gasteiger partial charge < -0.3 is 10.5 Å². The van der Waals surface area contributed by atoms with Gasteiger partial charge in [-0.1, -0.05) is 0 Å². The quantitative estimate of drug-likeness (QED) is 0.732. The van der Waals surface area contributed by atoms with Crippen molar-refractivity contribution in [2.45, 2.75) is 18.9 Å². The molecule has 1 aromatic heterocycles. The molecule has 0 saturated carbocycles. The van der Waals surface area contributed by atoms with Gasteiger partial charge in [-0.05, 0) is 24.9 Å². The molecular weight excluding hydrogens is 166 g/mol. The van der Waals surface area contributed by atoms with Crippen molar-refractivity contribution in [3.8, 4) is 0 Å². The molecule has 1 aliphatic rings. The van der Waals surface area contributed by atoms with Gasteiger partial charge in [0.05, 0.1) is 18.8 Å². The molecule has 1 fully saturated rings. The fourth-order valence-corrected chi connectivity index (χ4v) is 1.60. The molecule has 72 valence electrons. The Morgan fingerprint density at radius 3 is 3.31 bits per heavy atom. The molecule has 1 atom stereocenters. The van der Waals surface area contributed by atoms with Crippen LogP contribution in [0.3, 0.4) is 0 Å². The molecule has 0 radical (unpaired) electrons. The van der Waals surface area contributed by atoms with E-state index in [-0.39, 0.29) is 0 Å². The van der Waals surface area contributed by atoms with Crippen LogP contribution in [0.25, 0.3) is 0 Å². The molecule has 1 saturated heterocycles. The molecule has 0 aromatic carbocycles. The van der Waals surface area contributed by atoms with Gasteiger partial charge in [0.25, 0.3) is 0 Å². The Balaban J connectivity index is 2.03. The maximum Gasteiger partial charge on any atom is 0.0774 e. The molecule has 4 nitrogen and oxygen atoms in total. The van der Waals surface area contributed by atoms with Crippen LogP contribution in [0.5, 0.6) is 0 Å². The summed E-state index contributed by atoms with van der Waals surface area (Å²) in [6.07, 6.45) is 5.95. The first-order valence-electron chi connectivity index (χ1n) is 4.71. The second kappa shape index (κ2) is 3.89. The van der Waals surface area contributed by atoms with Crippen LogP contribution in [0.15, 0.2) is 12.4 Å². The molecule has 0 spiro atoms. The van der Waals surface area contributed by atoms with Gasteiger partial charge in [-0.2, -0.15) is 5.10 Å². The lowest BCUT2D eigenvalue weighted by Gasteiger charge is -2.06. The summed E-state index contributed by atoms with van der Waals surface area (Å²) in [7, 11) is 0. The average Bonchev–Trinajstić information content (AvgIpc) is 2.70. The standard InChI is InChI=1S/C9H15N3O/c10-3-1-8-5-11-12(6-8)9-2-4-13-7-9/h5-6,9H,1-4,7,10H2/t9-/m1/s1. The third-order valence-electron chi connectivity index (χ3n) is 2.37. The minimum Gasteiger partial charge on any atom is -0.379 e. The summed E-state index contributed by atoms with van der Waals surface area (Å²) < 4.78 is 7.29. The summed E-state index contributed by atoms with van der Waals surface area (Å²) >= 11 is 0. The highest BCUT2D eigenvalue weighted by atomic mass is 16.5. The van der Waals surface area contributed by atoms with Gasteiger partial charge in [-0.3, -0.25) is 4.68 Å². The largest absolute Gasteiger partial charge is 0.379 e. The van der Waals surface area contributed by atoms with Gasteiger partial charge >= 0.3 is 0 Å². The molecule has 1 aromatic rings. The number of nitrogens with two attached hydrogens (primary N) is 1. The van der Waals surface area contributed by atoms with Gasteiger partial charge in [0.1, 0.15) is 0 Å². The zero-order chi connectivity index (χ0) is 9.10. The molecule has 2 heterocycles. The van der Waals surface area contributed by atoms with Crippen molar-refractivity contribution >= 4 is 0 Å². The van der Waals surface area contributed by atoms with Crippen LogP contribution < -0.4 is 5.73 Å². The lowest BCUT2D eigenvalue weighted by atomic mass is 10.2. The van der Waals surface area contributed by atoms with E-state index in [1.54, 1.807) is 0 Å². The van der Waals surface area contributed by atoms with Crippen LogP contribution in [-0.2, 0) is 11.2 Å². The minimum atomic E-state index is 0.437. The number of ether oxygens (including phenoxy) is 1. The first-order valence-corrected chi connectivity index (χ1v) is 4.71. The van der Waals surface area contributed by atoms with E-state index in [0.717, 1.165) is 26.1 Å². The van der Waals surface area contributed by atoms with E-state index in [1.165, 1.54) is 5.56 Å². The summed E-state index contributed by atoms with van der Waals surface area (Å²) in [4.78, 5) is 0. The Labute approximate surface area is 77.7 Å². The molecule has 2 N–H and O–H groups in total. The summed E-state index contributed by atoms with van der Waals surface area (Å²) in [6.45, 7) is 2.34. The Morgan fingerprint density at radius 1 is 1.69 bits per heavy atom. The normalized spacial score (nSPS) is 22.4. The zero-order valence-corrected chi connectivity index (χ0v) is 7.65. The highest BCUT2D eigenvalue weighted by Gasteiger charge is 2.17. The van der Waals surface area contributed by atoms with Gasteiger partial charge in [-0.15, -0.1) is 0 Å². The number of hydrogen-bond acceptors (Lipinski definition) is 3. The first-order chi connectivity index (χ1) is 6.40. The third-order valence-corrected chi connectivity index (χ3v) is 2.37. The fraction of sp³-hybridized carbons (Fsp3) is 0.667. The van der Waals surface area contributed by atoms with Gasteiger partial charge in [-0.25, -0.2) is 0 Å². The molecule has 0 aliphatic carbocycles. The Hall–Kier alpha value is -0.870. The fourth-order valence-electron chi connectivity index (χ4n) is 1.60. The maximum absolute atomic E-state index is 5.46. The first kappa shape index (κ1) is 8.72. The van der Waals surface area contributed by atoms with Gasteiger partial charge in [0, 0.05) is 12.8 Å². The lowest BCUT2D eigenvalue weighted by molar-refractivity contribution is 0.184.